The fraction of sp³-hybridized carbons (Fsp3) is 0.917. The highest BCUT2D eigenvalue weighted by Crippen LogP contribution is 2.35. The fourth-order valence-corrected chi connectivity index (χ4v) is 2.22. The van der Waals surface area contributed by atoms with Crippen molar-refractivity contribution in [2.45, 2.75) is 63.5 Å². The standard InChI is InChI=1S/C12H22N2O/c1-2-3-9-14(10-5-6-10)11(15)12(13)7-4-8-12/h10H,2-9,13H2,1H3. The second kappa shape index (κ2) is 4.12. The molecule has 2 aliphatic carbocycles. The second-order valence-corrected chi connectivity index (χ2v) is 5.09. The summed E-state index contributed by atoms with van der Waals surface area (Å²) in [6.07, 6.45) is 7.53. The molecule has 0 aromatic heterocycles. The van der Waals surface area contributed by atoms with Gasteiger partial charge in [-0.25, -0.2) is 0 Å². The van der Waals surface area contributed by atoms with E-state index in [1.54, 1.807) is 0 Å². The quantitative estimate of drug-likeness (QED) is 0.750. The zero-order valence-electron chi connectivity index (χ0n) is 9.67. The minimum absolute atomic E-state index is 0.227. The molecule has 2 rings (SSSR count). The maximum atomic E-state index is 12.2. The van der Waals surface area contributed by atoms with E-state index < -0.39 is 5.54 Å². The molecule has 0 aromatic carbocycles. The molecule has 3 heteroatoms. The van der Waals surface area contributed by atoms with Gasteiger partial charge in [0.15, 0.2) is 0 Å². The molecule has 0 radical (unpaired) electrons. The van der Waals surface area contributed by atoms with Gasteiger partial charge in [0.2, 0.25) is 5.91 Å². The maximum absolute atomic E-state index is 12.2. The first-order chi connectivity index (χ1) is 7.17. The molecule has 2 aliphatic rings. The average molecular weight is 210 g/mol. The van der Waals surface area contributed by atoms with Crippen molar-refractivity contribution in [2.75, 3.05) is 6.54 Å². The second-order valence-electron chi connectivity index (χ2n) is 5.09. The Morgan fingerprint density at radius 2 is 2.13 bits per heavy atom. The van der Waals surface area contributed by atoms with Crippen molar-refractivity contribution in [2.24, 2.45) is 5.73 Å². The molecule has 2 fully saturated rings. The molecule has 0 heterocycles. The monoisotopic (exact) mass is 210 g/mol. The van der Waals surface area contributed by atoms with E-state index in [0.717, 1.165) is 38.6 Å². The van der Waals surface area contributed by atoms with Gasteiger partial charge in [0, 0.05) is 12.6 Å². The lowest BCUT2D eigenvalue weighted by Crippen LogP contribution is -2.60. The van der Waals surface area contributed by atoms with Crippen LogP contribution in [0.1, 0.15) is 51.9 Å². The Morgan fingerprint density at radius 3 is 2.53 bits per heavy atom. The lowest BCUT2D eigenvalue weighted by molar-refractivity contribution is -0.140. The first-order valence-electron chi connectivity index (χ1n) is 6.27. The van der Waals surface area contributed by atoms with Crippen molar-refractivity contribution in [3.63, 3.8) is 0 Å². The van der Waals surface area contributed by atoms with Crippen molar-refractivity contribution >= 4 is 5.91 Å². The molecule has 86 valence electrons. The first kappa shape index (κ1) is 10.9. The van der Waals surface area contributed by atoms with E-state index >= 15 is 0 Å². The molecular weight excluding hydrogens is 188 g/mol. The zero-order chi connectivity index (χ0) is 10.9. The molecule has 15 heavy (non-hydrogen) atoms. The van der Waals surface area contributed by atoms with Crippen LogP contribution in [0.2, 0.25) is 0 Å². The van der Waals surface area contributed by atoms with Gasteiger partial charge in [-0.15, -0.1) is 0 Å². The van der Waals surface area contributed by atoms with E-state index in [9.17, 15) is 4.79 Å². The number of rotatable bonds is 5. The van der Waals surface area contributed by atoms with Crippen LogP contribution in [0.15, 0.2) is 0 Å². The summed E-state index contributed by atoms with van der Waals surface area (Å²) in [5.41, 5.74) is 5.60. The predicted octanol–water partition coefficient (Wildman–Crippen LogP) is 1.66. The number of hydrogen-bond acceptors (Lipinski definition) is 2. The lowest BCUT2D eigenvalue weighted by atomic mass is 9.76. The topological polar surface area (TPSA) is 46.3 Å². The van der Waals surface area contributed by atoms with E-state index in [2.05, 4.69) is 11.8 Å². The summed E-state index contributed by atoms with van der Waals surface area (Å²) in [7, 11) is 0. The van der Waals surface area contributed by atoms with E-state index in [0.29, 0.717) is 6.04 Å². The predicted molar refractivity (Wildman–Crippen MR) is 60.4 cm³/mol. The third-order valence-corrected chi connectivity index (χ3v) is 3.67. The molecule has 0 aromatic rings. The summed E-state index contributed by atoms with van der Waals surface area (Å²) in [4.78, 5) is 14.3. The van der Waals surface area contributed by atoms with Crippen LogP contribution in [0.3, 0.4) is 0 Å². The highest BCUT2D eigenvalue weighted by atomic mass is 16.2. The van der Waals surface area contributed by atoms with E-state index in [4.69, 9.17) is 5.73 Å². The highest BCUT2D eigenvalue weighted by molar-refractivity contribution is 5.87. The lowest BCUT2D eigenvalue weighted by Gasteiger charge is -2.40. The summed E-state index contributed by atoms with van der Waals surface area (Å²) < 4.78 is 0. The smallest absolute Gasteiger partial charge is 0.242 e. The van der Waals surface area contributed by atoms with E-state index in [-0.39, 0.29) is 5.91 Å². The Kier molecular flexibility index (Phi) is 3.01. The van der Waals surface area contributed by atoms with E-state index in [1.165, 1.54) is 12.8 Å². The molecule has 0 unspecified atom stereocenters. The Morgan fingerprint density at radius 1 is 1.47 bits per heavy atom. The van der Waals surface area contributed by atoms with Crippen LogP contribution >= 0.6 is 0 Å². The van der Waals surface area contributed by atoms with Crippen molar-refractivity contribution in [3.05, 3.63) is 0 Å². The minimum Gasteiger partial charge on any atom is -0.338 e. The minimum atomic E-state index is -0.490. The van der Waals surface area contributed by atoms with Gasteiger partial charge in [0.1, 0.15) is 0 Å². The van der Waals surface area contributed by atoms with Gasteiger partial charge in [-0.2, -0.15) is 0 Å². The molecule has 2 N–H and O–H groups in total. The molecule has 0 aliphatic heterocycles. The van der Waals surface area contributed by atoms with Crippen LogP contribution in [0.4, 0.5) is 0 Å². The Hall–Kier alpha value is -0.570. The van der Waals surface area contributed by atoms with Crippen LogP contribution in [-0.4, -0.2) is 28.9 Å². The summed E-state index contributed by atoms with van der Waals surface area (Å²) in [5.74, 6) is 0.227. The van der Waals surface area contributed by atoms with Crippen LogP contribution < -0.4 is 5.73 Å². The number of nitrogens with two attached hydrogens (primary N) is 1. The van der Waals surface area contributed by atoms with Crippen LogP contribution in [-0.2, 0) is 4.79 Å². The fourth-order valence-electron chi connectivity index (χ4n) is 2.22. The van der Waals surface area contributed by atoms with Gasteiger partial charge >= 0.3 is 0 Å². The Balaban J connectivity index is 1.94. The number of amides is 1. The zero-order valence-corrected chi connectivity index (χ0v) is 9.67. The van der Waals surface area contributed by atoms with Crippen LogP contribution in [0.25, 0.3) is 0 Å². The number of carbonyl (C=O) groups excluding carboxylic acids is 1. The Bertz CT molecular complexity index is 244. The van der Waals surface area contributed by atoms with Gasteiger partial charge in [-0.1, -0.05) is 13.3 Å². The van der Waals surface area contributed by atoms with Crippen molar-refractivity contribution < 1.29 is 4.79 Å². The number of hydrogen-bond donors (Lipinski definition) is 1. The maximum Gasteiger partial charge on any atom is 0.242 e. The summed E-state index contributed by atoms with van der Waals surface area (Å²) >= 11 is 0. The summed E-state index contributed by atoms with van der Waals surface area (Å²) in [6.45, 7) is 3.08. The third kappa shape index (κ3) is 2.17. The van der Waals surface area contributed by atoms with Crippen molar-refractivity contribution in [3.8, 4) is 0 Å². The molecule has 1 amide bonds. The molecule has 0 saturated heterocycles. The van der Waals surface area contributed by atoms with Crippen LogP contribution in [0.5, 0.6) is 0 Å². The van der Waals surface area contributed by atoms with Crippen molar-refractivity contribution in [1.82, 2.24) is 4.90 Å². The molecule has 2 saturated carbocycles. The SMILES string of the molecule is CCCCN(C(=O)C1(N)CCC1)C1CC1. The van der Waals surface area contributed by atoms with Crippen LogP contribution in [0, 0.1) is 0 Å². The largest absolute Gasteiger partial charge is 0.338 e. The molecule has 0 atom stereocenters. The van der Waals surface area contributed by atoms with Gasteiger partial charge in [0.05, 0.1) is 5.54 Å². The van der Waals surface area contributed by atoms with Gasteiger partial charge < -0.3 is 10.6 Å². The molecule has 0 bridgehead atoms. The van der Waals surface area contributed by atoms with Crippen molar-refractivity contribution in [1.29, 1.82) is 0 Å². The van der Waals surface area contributed by atoms with Gasteiger partial charge in [0.25, 0.3) is 0 Å². The molecular formula is C12H22N2O. The first-order valence-corrected chi connectivity index (χ1v) is 6.27. The molecule has 0 spiro atoms. The number of nitrogens with zero attached hydrogens (tertiary/aromatic N) is 1. The molecule has 3 nitrogen and oxygen atoms in total. The number of carbonyl (C=O) groups is 1. The van der Waals surface area contributed by atoms with Gasteiger partial charge in [-0.05, 0) is 38.5 Å². The van der Waals surface area contributed by atoms with E-state index in [1.807, 2.05) is 0 Å². The number of unbranched alkanes of at least 4 members (excludes halogenated alkanes) is 1. The van der Waals surface area contributed by atoms with Gasteiger partial charge in [-0.3, -0.25) is 4.79 Å². The summed E-state index contributed by atoms with van der Waals surface area (Å²) in [6, 6.07) is 0.519. The average Bonchev–Trinajstić information content (AvgIpc) is 2.98. The third-order valence-electron chi connectivity index (χ3n) is 3.67. The normalized spacial score (nSPS) is 23.3. The Labute approximate surface area is 92.0 Å². The summed E-state index contributed by atoms with van der Waals surface area (Å²) in [5, 5.41) is 0. The highest BCUT2D eigenvalue weighted by Gasteiger charge is 2.45.